The molecule has 1 saturated heterocycles. The van der Waals surface area contributed by atoms with E-state index in [1.54, 1.807) is 6.20 Å². The fraction of sp³-hybridized carbons (Fsp3) is 0.455. The van der Waals surface area contributed by atoms with Crippen molar-refractivity contribution in [1.29, 1.82) is 0 Å². The van der Waals surface area contributed by atoms with Crippen LogP contribution in [0.1, 0.15) is 30.9 Å². The maximum absolute atomic E-state index is 11.5. The lowest BCUT2D eigenvalue weighted by Gasteiger charge is -2.32. The molecule has 3 heteroatoms. The van der Waals surface area contributed by atoms with Crippen LogP contribution in [0.15, 0.2) is 24.5 Å². The Morgan fingerprint density at radius 1 is 1.57 bits per heavy atom. The molecule has 14 heavy (non-hydrogen) atoms. The largest absolute Gasteiger partial charge is 0.339 e. The lowest BCUT2D eigenvalue weighted by atomic mass is 9.97. The standard InChI is InChI=1S/C11H14N2O/c1-13-10(5-2-6-11(13)14)9-4-3-7-12-8-9/h3-4,7-8,10H,2,5-6H2,1H3. The molecule has 74 valence electrons. The van der Waals surface area contributed by atoms with Gasteiger partial charge in [-0.1, -0.05) is 6.07 Å². The Morgan fingerprint density at radius 2 is 2.43 bits per heavy atom. The van der Waals surface area contributed by atoms with Crippen molar-refractivity contribution in [2.45, 2.75) is 25.3 Å². The summed E-state index contributed by atoms with van der Waals surface area (Å²) in [5, 5.41) is 0. The number of rotatable bonds is 1. The van der Waals surface area contributed by atoms with Crippen LogP contribution in [0.2, 0.25) is 0 Å². The van der Waals surface area contributed by atoms with Crippen molar-refractivity contribution in [3.8, 4) is 0 Å². The number of nitrogens with zero attached hydrogens (tertiary/aromatic N) is 2. The molecular weight excluding hydrogens is 176 g/mol. The molecule has 1 unspecified atom stereocenters. The van der Waals surface area contributed by atoms with Gasteiger partial charge in [-0.25, -0.2) is 0 Å². The zero-order valence-corrected chi connectivity index (χ0v) is 8.31. The van der Waals surface area contributed by atoms with Crippen LogP contribution in [0.4, 0.5) is 0 Å². The first-order valence-corrected chi connectivity index (χ1v) is 4.94. The van der Waals surface area contributed by atoms with Crippen LogP contribution in [0.3, 0.4) is 0 Å². The highest BCUT2D eigenvalue weighted by Gasteiger charge is 2.25. The van der Waals surface area contributed by atoms with Crippen LogP contribution >= 0.6 is 0 Å². The van der Waals surface area contributed by atoms with Gasteiger partial charge in [-0.05, 0) is 24.5 Å². The maximum Gasteiger partial charge on any atom is 0.222 e. The van der Waals surface area contributed by atoms with Gasteiger partial charge in [0.1, 0.15) is 0 Å². The van der Waals surface area contributed by atoms with Crippen molar-refractivity contribution in [1.82, 2.24) is 9.88 Å². The molecule has 0 radical (unpaired) electrons. The Kier molecular flexibility index (Phi) is 2.48. The number of hydrogen-bond acceptors (Lipinski definition) is 2. The molecule has 1 aliphatic rings. The van der Waals surface area contributed by atoms with Gasteiger partial charge in [0.05, 0.1) is 6.04 Å². The maximum atomic E-state index is 11.5. The first kappa shape index (κ1) is 9.19. The normalized spacial score (nSPS) is 22.5. The summed E-state index contributed by atoms with van der Waals surface area (Å²) in [6.07, 6.45) is 6.33. The van der Waals surface area contributed by atoms with Gasteiger partial charge in [0, 0.05) is 25.9 Å². The third kappa shape index (κ3) is 1.62. The predicted octanol–water partition coefficient (Wildman–Crippen LogP) is 1.76. The molecule has 1 atom stereocenters. The third-order valence-electron chi connectivity index (χ3n) is 2.80. The van der Waals surface area contributed by atoms with Gasteiger partial charge in [0.25, 0.3) is 0 Å². The highest BCUT2D eigenvalue weighted by Crippen LogP contribution is 2.29. The van der Waals surface area contributed by atoms with E-state index >= 15 is 0 Å². The van der Waals surface area contributed by atoms with E-state index in [1.165, 1.54) is 0 Å². The van der Waals surface area contributed by atoms with Crippen molar-refractivity contribution >= 4 is 5.91 Å². The summed E-state index contributed by atoms with van der Waals surface area (Å²) in [4.78, 5) is 17.4. The second kappa shape index (κ2) is 3.78. The molecule has 0 bridgehead atoms. The third-order valence-corrected chi connectivity index (χ3v) is 2.80. The fourth-order valence-electron chi connectivity index (χ4n) is 1.95. The molecule has 1 aliphatic heterocycles. The number of likely N-dealkylation sites (tertiary alicyclic amines) is 1. The lowest BCUT2D eigenvalue weighted by molar-refractivity contribution is -0.134. The first-order valence-electron chi connectivity index (χ1n) is 4.94. The van der Waals surface area contributed by atoms with Crippen LogP contribution in [0.25, 0.3) is 0 Å². The molecule has 0 saturated carbocycles. The molecule has 2 rings (SSSR count). The Balaban J connectivity index is 2.22. The van der Waals surface area contributed by atoms with Crippen molar-refractivity contribution in [2.75, 3.05) is 7.05 Å². The van der Waals surface area contributed by atoms with E-state index in [0.29, 0.717) is 6.42 Å². The van der Waals surface area contributed by atoms with Crippen molar-refractivity contribution in [3.05, 3.63) is 30.1 Å². The number of aromatic nitrogens is 1. The van der Waals surface area contributed by atoms with Crippen molar-refractivity contribution in [3.63, 3.8) is 0 Å². The van der Waals surface area contributed by atoms with Crippen molar-refractivity contribution < 1.29 is 4.79 Å². The predicted molar refractivity (Wildman–Crippen MR) is 53.6 cm³/mol. The molecule has 1 aromatic rings. The monoisotopic (exact) mass is 190 g/mol. The number of carbonyl (C=O) groups excluding carboxylic acids is 1. The summed E-state index contributed by atoms with van der Waals surface area (Å²) >= 11 is 0. The van der Waals surface area contributed by atoms with E-state index < -0.39 is 0 Å². The summed E-state index contributed by atoms with van der Waals surface area (Å²) in [5.41, 5.74) is 1.14. The van der Waals surface area contributed by atoms with Gasteiger partial charge in [-0.2, -0.15) is 0 Å². The molecule has 0 aliphatic carbocycles. The zero-order chi connectivity index (χ0) is 9.97. The van der Waals surface area contributed by atoms with E-state index in [9.17, 15) is 4.79 Å². The van der Waals surface area contributed by atoms with Crippen LogP contribution in [-0.4, -0.2) is 22.8 Å². The summed E-state index contributed by atoms with van der Waals surface area (Å²) in [5.74, 6) is 0.241. The van der Waals surface area contributed by atoms with Gasteiger partial charge >= 0.3 is 0 Å². The first-order chi connectivity index (χ1) is 6.79. The van der Waals surface area contributed by atoms with E-state index in [-0.39, 0.29) is 11.9 Å². The van der Waals surface area contributed by atoms with Gasteiger partial charge in [0.2, 0.25) is 5.91 Å². The SMILES string of the molecule is CN1C(=O)CCCC1c1cccnc1. The van der Waals surface area contributed by atoms with Gasteiger partial charge < -0.3 is 4.90 Å². The minimum atomic E-state index is 0.227. The number of hydrogen-bond donors (Lipinski definition) is 0. The van der Waals surface area contributed by atoms with Crippen LogP contribution < -0.4 is 0 Å². The lowest BCUT2D eigenvalue weighted by Crippen LogP contribution is -2.34. The Morgan fingerprint density at radius 3 is 3.14 bits per heavy atom. The second-order valence-corrected chi connectivity index (χ2v) is 3.70. The molecule has 1 aromatic heterocycles. The number of carbonyl (C=O) groups is 1. The number of pyridine rings is 1. The zero-order valence-electron chi connectivity index (χ0n) is 8.31. The highest BCUT2D eigenvalue weighted by molar-refractivity contribution is 5.77. The Labute approximate surface area is 83.8 Å². The quantitative estimate of drug-likeness (QED) is 0.676. The van der Waals surface area contributed by atoms with Gasteiger partial charge in [0.15, 0.2) is 0 Å². The van der Waals surface area contributed by atoms with Crippen molar-refractivity contribution in [2.24, 2.45) is 0 Å². The van der Waals surface area contributed by atoms with E-state index in [2.05, 4.69) is 4.98 Å². The summed E-state index contributed by atoms with van der Waals surface area (Å²) in [6, 6.07) is 4.18. The Bertz CT molecular complexity index is 323. The minimum Gasteiger partial charge on any atom is -0.339 e. The summed E-state index contributed by atoms with van der Waals surface area (Å²) in [6.45, 7) is 0. The molecule has 2 heterocycles. The average Bonchev–Trinajstić information content (AvgIpc) is 2.23. The van der Waals surface area contributed by atoms with Crippen LogP contribution in [-0.2, 0) is 4.79 Å². The van der Waals surface area contributed by atoms with E-state index in [4.69, 9.17) is 0 Å². The van der Waals surface area contributed by atoms with Crippen LogP contribution in [0.5, 0.6) is 0 Å². The smallest absolute Gasteiger partial charge is 0.222 e. The number of amides is 1. The number of piperidine rings is 1. The molecule has 0 aromatic carbocycles. The second-order valence-electron chi connectivity index (χ2n) is 3.70. The topological polar surface area (TPSA) is 33.2 Å². The molecule has 3 nitrogen and oxygen atoms in total. The average molecular weight is 190 g/mol. The summed E-state index contributed by atoms with van der Waals surface area (Å²) < 4.78 is 0. The van der Waals surface area contributed by atoms with Gasteiger partial charge in [-0.3, -0.25) is 9.78 Å². The summed E-state index contributed by atoms with van der Waals surface area (Å²) in [7, 11) is 1.87. The highest BCUT2D eigenvalue weighted by atomic mass is 16.2. The van der Waals surface area contributed by atoms with Gasteiger partial charge in [-0.15, -0.1) is 0 Å². The molecule has 1 amide bonds. The molecule has 1 fully saturated rings. The molecule has 0 N–H and O–H groups in total. The van der Waals surface area contributed by atoms with Crippen LogP contribution in [0, 0.1) is 0 Å². The molecule has 0 spiro atoms. The van der Waals surface area contributed by atoms with E-state index in [0.717, 1.165) is 18.4 Å². The fourth-order valence-corrected chi connectivity index (χ4v) is 1.95. The van der Waals surface area contributed by atoms with E-state index in [1.807, 2.05) is 30.3 Å². The Hall–Kier alpha value is -1.38. The molecular formula is C11H14N2O. The minimum absolute atomic E-state index is 0.227.